The van der Waals surface area contributed by atoms with Gasteiger partial charge in [-0.25, -0.2) is 12.8 Å². The van der Waals surface area contributed by atoms with Crippen LogP contribution >= 0.6 is 11.3 Å². The van der Waals surface area contributed by atoms with Crippen LogP contribution in [0.4, 0.5) is 15.8 Å². The van der Waals surface area contributed by atoms with E-state index in [2.05, 4.69) is 10.0 Å². The Balaban J connectivity index is 1.79. The summed E-state index contributed by atoms with van der Waals surface area (Å²) in [6.07, 6.45) is 0.965. The molecule has 2 aromatic carbocycles. The Morgan fingerprint density at radius 3 is 2.38 bits per heavy atom. The molecule has 1 amide bonds. The highest BCUT2D eigenvalue weighted by atomic mass is 32.2. The maximum atomic E-state index is 13.7. The minimum Gasteiger partial charge on any atom is -0.321 e. The quantitative estimate of drug-likeness (QED) is 0.686. The second kappa shape index (κ2) is 7.27. The molecule has 0 aliphatic heterocycles. The Morgan fingerprint density at radius 2 is 1.69 bits per heavy atom. The van der Waals surface area contributed by atoms with Crippen LogP contribution in [0.25, 0.3) is 11.1 Å². The first kappa shape index (κ1) is 18.1. The van der Waals surface area contributed by atoms with Crippen LogP contribution in [0, 0.1) is 5.82 Å². The van der Waals surface area contributed by atoms with Crippen molar-refractivity contribution in [2.24, 2.45) is 0 Å². The third-order valence-corrected chi connectivity index (χ3v) is 4.92. The largest absolute Gasteiger partial charge is 0.321 e. The minimum absolute atomic E-state index is 0.0407. The molecule has 2 N–H and O–H groups in total. The molecule has 0 saturated heterocycles. The van der Waals surface area contributed by atoms with Crippen molar-refractivity contribution < 1.29 is 17.6 Å². The summed E-state index contributed by atoms with van der Waals surface area (Å²) in [4.78, 5) is 12.9. The number of nitrogens with one attached hydrogen (secondary N) is 2. The maximum absolute atomic E-state index is 13.7. The molecule has 0 spiro atoms. The smallest absolute Gasteiger partial charge is 0.265 e. The van der Waals surface area contributed by atoms with Gasteiger partial charge in [-0.05, 0) is 40.8 Å². The van der Waals surface area contributed by atoms with Crippen molar-refractivity contribution in [2.75, 3.05) is 16.3 Å². The van der Waals surface area contributed by atoms with Crippen molar-refractivity contribution in [3.63, 3.8) is 0 Å². The predicted molar refractivity (Wildman–Crippen MR) is 103 cm³/mol. The molecule has 0 aliphatic carbocycles. The molecule has 134 valence electrons. The first-order valence-electron chi connectivity index (χ1n) is 7.54. The van der Waals surface area contributed by atoms with E-state index in [4.69, 9.17) is 0 Å². The van der Waals surface area contributed by atoms with Gasteiger partial charge in [-0.15, -0.1) is 11.3 Å². The lowest BCUT2D eigenvalue weighted by Crippen LogP contribution is -2.12. The van der Waals surface area contributed by atoms with Crippen LogP contribution in [0.2, 0.25) is 0 Å². The van der Waals surface area contributed by atoms with Gasteiger partial charge in [0.1, 0.15) is 5.82 Å². The Labute approximate surface area is 154 Å². The number of sulfonamides is 1. The number of amides is 1. The van der Waals surface area contributed by atoms with Crippen LogP contribution in [0.1, 0.15) is 9.67 Å². The number of anilines is 2. The van der Waals surface area contributed by atoms with Crippen molar-refractivity contribution >= 4 is 38.6 Å². The molecule has 1 aromatic heterocycles. The second-order valence-corrected chi connectivity index (χ2v) is 8.28. The van der Waals surface area contributed by atoms with E-state index in [1.54, 1.807) is 6.07 Å². The van der Waals surface area contributed by atoms with Gasteiger partial charge in [-0.2, -0.15) is 0 Å². The first-order valence-corrected chi connectivity index (χ1v) is 10.3. The highest BCUT2D eigenvalue weighted by Gasteiger charge is 2.12. The summed E-state index contributed by atoms with van der Waals surface area (Å²) >= 11 is 1.27. The zero-order valence-electron chi connectivity index (χ0n) is 13.7. The number of hydrogen-bond acceptors (Lipinski definition) is 4. The number of rotatable bonds is 5. The van der Waals surface area contributed by atoms with Crippen molar-refractivity contribution in [3.8, 4) is 11.1 Å². The van der Waals surface area contributed by atoms with Gasteiger partial charge in [0.05, 0.1) is 16.8 Å². The Hall–Kier alpha value is -2.71. The Bertz CT molecular complexity index is 1050. The fourth-order valence-corrected chi connectivity index (χ4v) is 3.72. The van der Waals surface area contributed by atoms with Gasteiger partial charge < -0.3 is 5.32 Å². The first-order chi connectivity index (χ1) is 12.3. The molecule has 0 saturated carbocycles. The average molecular weight is 390 g/mol. The summed E-state index contributed by atoms with van der Waals surface area (Å²) in [5.41, 5.74) is 2.11. The van der Waals surface area contributed by atoms with Gasteiger partial charge in [0.25, 0.3) is 5.91 Å². The molecule has 1 heterocycles. The van der Waals surface area contributed by atoms with Crippen LogP contribution in [0.3, 0.4) is 0 Å². The maximum Gasteiger partial charge on any atom is 0.265 e. The van der Waals surface area contributed by atoms with E-state index >= 15 is 0 Å². The van der Waals surface area contributed by atoms with Gasteiger partial charge in [-0.1, -0.05) is 30.3 Å². The molecule has 0 unspecified atom stereocenters. The summed E-state index contributed by atoms with van der Waals surface area (Å²) in [6.45, 7) is 0. The van der Waals surface area contributed by atoms with E-state index in [0.717, 1.165) is 29.5 Å². The Kier molecular flexibility index (Phi) is 5.06. The SMILES string of the molecule is CS(=O)(=O)Nc1cc(F)cc(NC(=O)c2cc(-c3ccccc3)cs2)c1. The van der Waals surface area contributed by atoms with Crippen LogP contribution in [0.15, 0.2) is 60.0 Å². The van der Waals surface area contributed by atoms with Crippen molar-refractivity contribution in [1.82, 2.24) is 0 Å². The van der Waals surface area contributed by atoms with E-state index in [9.17, 15) is 17.6 Å². The fraction of sp³-hybridized carbons (Fsp3) is 0.0556. The number of hydrogen-bond donors (Lipinski definition) is 2. The lowest BCUT2D eigenvalue weighted by atomic mass is 10.1. The number of carbonyl (C=O) groups excluding carboxylic acids is 1. The molecule has 3 aromatic rings. The minimum atomic E-state index is -3.55. The molecule has 0 radical (unpaired) electrons. The molecule has 0 fully saturated rings. The lowest BCUT2D eigenvalue weighted by molar-refractivity contribution is 0.103. The zero-order chi connectivity index (χ0) is 18.7. The van der Waals surface area contributed by atoms with Gasteiger partial charge in [-0.3, -0.25) is 9.52 Å². The van der Waals surface area contributed by atoms with E-state index in [-0.39, 0.29) is 11.4 Å². The van der Waals surface area contributed by atoms with Gasteiger partial charge >= 0.3 is 0 Å². The van der Waals surface area contributed by atoms with Crippen LogP contribution in [-0.4, -0.2) is 20.6 Å². The van der Waals surface area contributed by atoms with Crippen molar-refractivity contribution in [2.45, 2.75) is 0 Å². The van der Waals surface area contributed by atoms with Crippen LogP contribution in [-0.2, 0) is 10.0 Å². The predicted octanol–water partition coefficient (Wildman–Crippen LogP) is 4.18. The number of benzene rings is 2. The monoisotopic (exact) mass is 390 g/mol. The third kappa shape index (κ3) is 4.68. The highest BCUT2D eigenvalue weighted by molar-refractivity contribution is 7.92. The van der Waals surface area contributed by atoms with Crippen LogP contribution < -0.4 is 10.0 Å². The fourth-order valence-electron chi connectivity index (χ4n) is 2.36. The summed E-state index contributed by atoms with van der Waals surface area (Å²) in [7, 11) is -3.55. The van der Waals surface area contributed by atoms with Crippen LogP contribution in [0.5, 0.6) is 0 Å². The summed E-state index contributed by atoms with van der Waals surface area (Å²) in [6, 6.07) is 14.9. The zero-order valence-corrected chi connectivity index (χ0v) is 15.3. The molecule has 5 nitrogen and oxygen atoms in total. The van der Waals surface area contributed by atoms with Gasteiger partial charge in [0, 0.05) is 5.69 Å². The molecular weight excluding hydrogens is 375 g/mol. The van der Waals surface area contributed by atoms with E-state index in [1.807, 2.05) is 35.7 Å². The summed E-state index contributed by atoms with van der Waals surface area (Å²) < 4.78 is 38.5. The Morgan fingerprint density at radius 1 is 1.00 bits per heavy atom. The standard InChI is InChI=1S/C18H15FN2O3S2/c1-26(23,24)21-16-9-14(19)8-15(10-16)20-18(22)17-7-13(11-25-17)12-5-3-2-4-6-12/h2-11,21H,1H3,(H,20,22). The molecular formula is C18H15FN2O3S2. The molecule has 8 heteroatoms. The van der Waals surface area contributed by atoms with Crippen molar-refractivity contribution in [3.05, 3.63) is 70.7 Å². The molecule has 0 aliphatic rings. The number of carbonyl (C=O) groups is 1. The molecule has 0 bridgehead atoms. The summed E-state index contributed by atoms with van der Waals surface area (Å²) in [5, 5.41) is 4.45. The van der Waals surface area contributed by atoms with Gasteiger partial charge in [0.2, 0.25) is 10.0 Å². The average Bonchev–Trinajstić information content (AvgIpc) is 3.03. The third-order valence-electron chi connectivity index (χ3n) is 3.39. The topological polar surface area (TPSA) is 75.3 Å². The molecule has 0 atom stereocenters. The van der Waals surface area contributed by atoms with Crippen molar-refractivity contribution in [1.29, 1.82) is 0 Å². The normalized spacial score (nSPS) is 11.2. The van der Waals surface area contributed by atoms with E-state index < -0.39 is 21.7 Å². The van der Waals surface area contributed by atoms with E-state index in [0.29, 0.717) is 4.88 Å². The summed E-state index contributed by atoms with van der Waals surface area (Å²) in [5.74, 6) is -1.06. The van der Waals surface area contributed by atoms with Gasteiger partial charge in [0.15, 0.2) is 0 Å². The number of thiophene rings is 1. The second-order valence-electron chi connectivity index (χ2n) is 5.62. The van der Waals surface area contributed by atoms with E-state index in [1.165, 1.54) is 17.4 Å². The molecule has 3 rings (SSSR count). The lowest BCUT2D eigenvalue weighted by Gasteiger charge is -2.08. The highest BCUT2D eigenvalue weighted by Crippen LogP contribution is 2.26. The number of halogens is 1. The molecule has 26 heavy (non-hydrogen) atoms.